The Morgan fingerprint density at radius 2 is 2.00 bits per heavy atom. The molecule has 0 aliphatic heterocycles. The molecule has 33 heavy (non-hydrogen) atoms. The molecule has 9 nitrogen and oxygen atoms in total. The summed E-state index contributed by atoms with van der Waals surface area (Å²) in [6.07, 6.45) is 4.61. The molecule has 1 amide bonds. The number of para-hydroxylation sites is 1. The number of carbonyl (C=O) groups excluding carboxylic acids is 1. The number of aromatic nitrogens is 4. The van der Waals surface area contributed by atoms with Crippen LogP contribution in [0.1, 0.15) is 42.5 Å². The van der Waals surface area contributed by atoms with E-state index in [1.165, 1.54) is 9.44 Å². The van der Waals surface area contributed by atoms with Crippen molar-refractivity contribution in [2.24, 2.45) is 0 Å². The number of carbonyl (C=O) groups is 1. The molecule has 1 aliphatic rings. The van der Waals surface area contributed by atoms with Gasteiger partial charge in [0.25, 0.3) is 11.1 Å². The van der Waals surface area contributed by atoms with Crippen molar-refractivity contribution in [1.29, 1.82) is 0 Å². The molecule has 4 aromatic rings. The van der Waals surface area contributed by atoms with Gasteiger partial charge in [-0.1, -0.05) is 12.1 Å². The largest absolute Gasteiger partial charge is 0.310 e. The minimum Gasteiger partial charge on any atom is -0.310 e. The first kappa shape index (κ1) is 21.3. The van der Waals surface area contributed by atoms with Crippen LogP contribution in [0.2, 0.25) is 0 Å². The Balaban J connectivity index is 1.28. The van der Waals surface area contributed by atoms with Crippen LogP contribution in [0.25, 0.3) is 21.1 Å². The predicted molar refractivity (Wildman–Crippen MR) is 129 cm³/mol. The summed E-state index contributed by atoms with van der Waals surface area (Å²) in [7, 11) is 0. The van der Waals surface area contributed by atoms with Gasteiger partial charge in [-0.15, -0.1) is 11.3 Å². The van der Waals surface area contributed by atoms with Crippen LogP contribution in [-0.2, 0) is 30.6 Å². The Morgan fingerprint density at radius 1 is 1.18 bits per heavy atom. The maximum Gasteiger partial charge on any atom is 0.262 e. The van der Waals surface area contributed by atoms with Gasteiger partial charge in [0.2, 0.25) is 11.9 Å². The summed E-state index contributed by atoms with van der Waals surface area (Å²) in [5.41, 5.74) is 6.77. The number of aryl methyl sites for hydroxylation is 3. The van der Waals surface area contributed by atoms with E-state index in [0.29, 0.717) is 35.1 Å². The fourth-order valence-electron chi connectivity index (χ4n) is 4.30. The molecule has 0 saturated carbocycles. The summed E-state index contributed by atoms with van der Waals surface area (Å²) in [5, 5.41) is 1.24. The van der Waals surface area contributed by atoms with Crippen molar-refractivity contribution in [2.45, 2.75) is 52.0 Å². The smallest absolute Gasteiger partial charge is 0.262 e. The minimum atomic E-state index is -0.298. The minimum absolute atomic E-state index is 0.122. The van der Waals surface area contributed by atoms with Gasteiger partial charge in [0.05, 0.1) is 16.3 Å². The number of hydrazine groups is 1. The maximum absolute atomic E-state index is 12.7. The van der Waals surface area contributed by atoms with E-state index >= 15 is 0 Å². The molecule has 3 heterocycles. The van der Waals surface area contributed by atoms with E-state index in [0.717, 1.165) is 36.1 Å². The SMILES string of the molecule is CCn1c(NNC(=O)CCc2nc3sc4c(c3c(=O)[nH]2)CCCC4)nc2ccccc2c1=O. The van der Waals surface area contributed by atoms with Gasteiger partial charge >= 0.3 is 0 Å². The van der Waals surface area contributed by atoms with E-state index < -0.39 is 0 Å². The number of anilines is 1. The summed E-state index contributed by atoms with van der Waals surface area (Å²) in [5.74, 6) is 0.468. The molecule has 1 aliphatic carbocycles. The van der Waals surface area contributed by atoms with Gasteiger partial charge in [0.1, 0.15) is 10.7 Å². The number of amides is 1. The van der Waals surface area contributed by atoms with Gasteiger partial charge in [-0.3, -0.25) is 29.8 Å². The molecule has 0 radical (unpaired) electrons. The average Bonchev–Trinajstić information content (AvgIpc) is 3.20. The number of hydrogen-bond donors (Lipinski definition) is 3. The molecule has 3 N–H and O–H groups in total. The molecule has 0 spiro atoms. The lowest BCUT2D eigenvalue weighted by Crippen LogP contribution is -2.34. The van der Waals surface area contributed by atoms with Crippen molar-refractivity contribution in [3.8, 4) is 0 Å². The molecule has 3 aromatic heterocycles. The lowest BCUT2D eigenvalue weighted by atomic mass is 9.97. The average molecular weight is 465 g/mol. The Labute approximate surface area is 192 Å². The van der Waals surface area contributed by atoms with Crippen molar-refractivity contribution in [1.82, 2.24) is 24.9 Å². The first-order valence-corrected chi connectivity index (χ1v) is 11.9. The second kappa shape index (κ2) is 8.78. The molecule has 0 fully saturated rings. The van der Waals surface area contributed by atoms with E-state index in [2.05, 4.69) is 25.8 Å². The van der Waals surface area contributed by atoms with Crippen molar-refractivity contribution in [2.75, 3.05) is 5.43 Å². The predicted octanol–water partition coefficient (Wildman–Crippen LogP) is 2.67. The van der Waals surface area contributed by atoms with Crippen molar-refractivity contribution >= 4 is 44.3 Å². The molecule has 1 aromatic carbocycles. The van der Waals surface area contributed by atoms with Crippen molar-refractivity contribution in [3.63, 3.8) is 0 Å². The highest BCUT2D eigenvalue weighted by Gasteiger charge is 2.20. The van der Waals surface area contributed by atoms with Crippen LogP contribution in [0.3, 0.4) is 0 Å². The van der Waals surface area contributed by atoms with Crippen molar-refractivity contribution < 1.29 is 4.79 Å². The molecule has 0 bridgehead atoms. The third-order valence-corrected chi connectivity index (χ3v) is 7.14. The molecule has 170 valence electrons. The van der Waals surface area contributed by atoms with Crippen molar-refractivity contribution in [3.05, 3.63) is 61.2 Å². The summed E-state index contributed by atoms with van der Waals surface area (Å²) in [6, 6.07) is 7.08. The quantitative estimate of drug-likeness (QED) is 0.377. The third-order valence-electron chi connectivity index (χ3n) is 5.95. The fraction of sp³-hybridized carbons (Fsp3) is 0.348. The van der Waals surface area contributed by atoms with Gasteiger partial charge in [-0.05, 0) is 50.3 Å². The monoisotopic (exact) mass is 464 g/mol. The summed E-state index contributed by atoms with van der Waals surface area (Å²) >= 11 is 1.59. The normalized spacial score (nSPS) is 13.2. The number of hydrogen-bond acceptors (Lipinski definition) is 7. The van der Waals surface area contributed by atoms with E-state index in [4.69, 9.17) is 0 Å². The van der Waals surface area contributed by atoms with E-state index in [1.54, 1.807) is 29.5 Å². The topological polar surface area (TPSA) is 122 Å². The summed E-state index contributed by atoms with van der Waals surface area (Å²) in [4.78, 5) is 51.7. The first-order chi connectivity index (χ1) is 16.0. The zero-order valence-electron chi connectivity index (χ0n) is 18.2. The van der Waals surface area contributed by atoms with Crippen LogP contribution < -0.4 is 22.0 Å². The Hall–Kier alpha value is -3.53. The van der Waals surface area contributed by atoms with Crippen LogP contribution >= 0.6 is 11.3 Å². The Morgan fingerprint density at radius 3 is 2.85 bits per heavy atom. The standard InChI is InChI=1S/C23H24N6O3S/c1-2-29-22(32)13-7-3-5-9-15(13)24-23(29)28-27-18(30)12-11-17-25-20(31)19-14-8-4-6-10-16(14)33-21(19)26-17/h3,5,7,9H,2,4,6,8,10-12H2,1H3,(H,24,28)(H,27,30)(H,25,26,31). The van der Waals surface area contributed by atoms with Crippen LogP contribution in [0, 0.1) is 0 Å². The van der Waals surface area contributed by atoms with Gasteiger partial charge < -0.3 is 4.98 Å². The molecular formula is C23H24N6O3S. The van der Waals surface area contributed by atoms with Gasteiger partial charge in [-0.2, -0.15) is 0 Å². The lowest BCUT2D eigenvalue weighted by Gasteiger charge is -2.14. The van der Waals surface area contributed by atoms with E-state index in [1.807, 2.05) is 13.0 Å². The number of nitrogens with zero attached hydrogens (tertiary/aromatic N) is 3. The van der Waals surface area contributed by atoms with Gasteiger partial charge in [0, 0.05) is 24.3 Å². The number of aromatic amines is 1. The number of rotatable bonds is 6. The number of benzene rings is 1. The molecule has 10 heteroatoms. The molecular weight excluding hydrogens is 440 g/mol. The zero-order valence-corrected chi connectivity index (χ0v) is 19.1. The van der Waals surface area contributed by atoms with E-state index in [9.17, 15) is 14.4 Å². The molecule has 5 rings (SSSR count). The fourth-order valence-corrected chi connectivity index (χ4v) is 5.58. The van der Waals surface area contributed by atoms with Crippen LogP contribution in [0.5, 0.6) is 0 Å². The second-order valence-electron chi connectivity index (χ2n) is 8.08. The summed E-state index contributed by atoms with van der Waals surface area (Å²) < 4.78 is 1.47. The Kier molecular flexibility index (Phi) is 5.67. The maximum atomic E-state index is 12.7. The number of fused-ring (bicyclic) bond motifs is 4. The summed E-state index contributed by atoms with van der Waals surface area (Å²) in [6.45, 7) is 2.25. The van der Waals surface area contributed by atoms with Crippen LogP contribution in [0.15, 0.2) is 33.9 Å². The number of nitrogens with one attached hydrogen (secondary N) is 3. The molecule has 0 atom stereocenters. The van der Waals surface area contributed by atoms with Gasteiger partial charge in [0.15, 0.2) is 0 Å². The molecule has 0 saturated heterocycles. The number of thiophene rings is 1. The number of H-pyrrole nitrogens is 1. The highest BCUT2D eigenvalue weighted by Crippen LogP contribution is 2.33. The third kappa shape index (κ3) is 4.02. The van der Waals surface area contributed by atoms with Crippen LogP contribution in [-0.4, -0.2) is 25.4 Å². The second-order valence-corrected chi connectivity index (χ2v) is 9.16. The van der Waals surface area contributed by atoms with E-state index in [-0.39, 0.29) is 29.4 Å². The zero-order chi connectivity index (χ0) is 22.9. The molecule has 0 unspecified atom stereocenters. The first-order valence-electron chi connectivity index (χ1n) is 11.1. The van der Waals surface area contributed by atoms with Crippen LogP contribution in [0.4, 0.5) is 5.95 Å². The van der Waals surface area contributed by atoms with Gasteiger partial charge in [-0.25, -0.2) is 9.97 Å². The lowest BCUT2D eigenvalue weighted by molar-refractivity contribution is -0.120. The highest BCUT2D eigenvalue weighted by molar-refractivity contribution is 7.18. The Bertz CT molecular complexity index is 1490. The highest BCUT2D eigenvalue weighted by atomic mass is 32.1.